The fraction of sp³-hybridized carbons (Fsp3) is 0.367. The van der Waals surface area contributed by atoms with Crippen molar-refractivity contribution in [2.24, 2.45) is 0 Å². The molecule has 0 spiro atoms. The summed E-state index contributed by atoms with van der Waals surface area (Å²) in [6, 6.07) is 82.0. The summed E-state index contributed by atoms with van der Waals surface area (Å²) in [5.74, 6) is 0. The number of unbranched alkanes of at least 4 members (excludes halogenated alkanes) is 20. The minimum absolute atomic E-state index is 0.0162. The Kier molecular flexibility index (Phi) is 22.6. The molecule has 2 aliphatic rings. The highest BCUT2D eigenvalue weighted by Crippen LogP contribution is 2.58. The molecule has 0 N–H and O–H groups in total. The van der Waals surface area contributed by atoms with Gasteiger partial charge in [-0.15, -0.1) is 0 Å². The zero-order valence-corrected chi connectivity index (χ0v) is 60.6. The van der Waals surface area contributed by atoms with E-state index >= 15 is 0 Å². The molecule has 0 saturated heterocycles. The van der Waals surface area contributed by atoms with Crippen LogP contribution < -0.4 is 0 Å². The van der Waals surface area contributed by atoms with Gasteiger partial charge < -0.3 is 0 Å². The Morgan fingerprint density at radius 3 is 0.908 bits per heavy atom. The van der Waals surface area contributed by atoms with Gasteiger partial charge in [0.25, 0.3) is 0 Å². The maximum Gasteiger partial charge on any atom is 0.0215 e. The Morgan fingerprint density at radius 1 is 0.224 bits per heavy atom. The highest BCUT2D eigenvalue weighted by atomic mass is 14.5. The minimum Gasteiger partial charge on any atom is -0.0654 e. The van der Waals surface area contributed by atoms with Crippen molar-refractivity contribution in [3.05, 3.63) is 251 Å². The summed E-state index contributed by atoms with van der Waals surface area (Å²) in [7, 11) is 0. The standard InChI is InChI=1S/C98H110/c1-7-11-15-19-23-31-59-97(60-32-24-20-16-12-8-2)93-63-72(6)41-54-88(93)89-57-52-78(69-95(89)97)81-64-80(76-50-55-87-85-37-28-27-35-83(85)84-36-29-30-38-86(84)92(87)67-76)65-82(66-81)79-53-58-91-90-56-51-77(75-48-46-74(47-49-75)45-44-73-42-39-71(5)40-43-73)68-94(90)98(96(91)70-79,61-33-25-21-17-13-9-3)62-34-26-22-18-14-10-4/h27-30,35-58,63-70H,7-26,31-34,59-62H2,1-6H3/b45-44+. The predicted molar refractivity (Wildman–Crippen MR) is 430 cm³/mol. The Morgan fingerprint density at radius 2 is 0.510 bits per heavy atom. The Labute approximate surface area is 590 Å². The molecule has 502 valence electrons. The van der Waals surface area contributed by atoms with Gasteiger partial charge in [0.2, 0.25) is 0 Å². The minimum atomic E-state index is -0.103. The number of benzene rings is 11. The fourth-order valence-electron chi connectivity index (χ4n) is 17.7. The van der Waals surface area contributed by atoms with Crippen LogP contribution >= 0.6 is 0 Å². The molecular weight excluding hydrogens is 1180 g/mol. The van der Waals surface area contributed by atoms with Crippen molar-refractivity contribution in [1.29, 1.82) is 0 Å². The van der Waals surface area contributed by atoms with Crippen molar-refractivity contribution in [1.82, 2.24) is 0 Å². The Bertz CT molecular complexity index is 4460. The average molecular weight is 1290 g/mol. The van der Waals surface area contributed by atoms with Crippen LogP contribution in [-0.2, 0) is 10.8 Å². The highest BCUT2D eigenvalue weighted by Gasteiger charge is 2.44. The molecule has 0 aliphatic heterocycles. The third-order valence-electron chi connectivity index (χ3n) is 23.2. The molecule has 0 fully saturated rings. The van der Waals surface area contributed by atoms with E-state index in [-0.39, 0.29) is 10.8 Å². The smallest absolute Gasteiger partial charge is 0.0215 e. The lowest BCUT2D eigenvalue weighted by Gasteiger charge is -2.33. The summed E-state index contributed by atoms with van der Waals surface area (Å²) in [4.78, 5) is 0. The number of fused-ring (bicyclic) bond motifs is 12. The van der Waals surface area contributed by atoms with Gasteiger partial charge in [-0.1, -0.05) is 369 Å². The van der Waals surface area contributed by atoms with Gasteiger partial charge in [0.1, 0.15) is 0 Å². The van der Waals surface area contributed by atoms with Crippen LogP contribution in [-0.4, -0.2) is 0 Å². The number of rotatable bonds is 34. The third kappa shape index (κ3) is 14.8. The first-order chi connectivity index (χ1) is 48.2. The van der Waals surface area contributed by atoms with Crippen molar-refractivity contribution in [3.63, 3.8) is 0 Å². The first kappa shape index (κ1) is 68.5. The highest BCUT2D eigenvalue weighted by molar-refractivity contribution is 6.25. The summed E-state index contributed by atoms with van der Waals surface area (Å²) >= 11 is 0. The summed E-state index contributed by atoms with van der Waals surface area (Å²) in [6.07, 6.45) is 40.6. The summed E-state index contributed by atoms with van der Waals surface area (Å²) < 4.78 is 0. The Hall–Kier alpha value is -8.06. The van der Waals surface area contributed by atoms with Crippen molar-refractivity contribution < 1.29 is 0 Å². The first-order valence-electron chi connectivity index (χ1n) is 39.1. The van der Waals surface area contributed by atoms with E-state index in [1.165, 1.54) is 301 Å². The molecule has 98 heavy (non-hydrogen) atoms. The van der Waals surface area contributed by atoms with Gasteiger partial charge >= 0.3 is 0 Å². The maximum absolute atomic E-state index is 2.72. The molecule has 0 amide bonds. The van der Waals surface area contributed by atoms with Gasteiger partial charge in [0.15, 0.2) is 0 Å². The van der Waals surface area contributed by atoms with Gasteiger partial charge in [-0.25, -0.2) is 0 Å². The van der Waals surface area contributed by atoms with Crippen molar-refractivity contribution in [2.45, 2.75) is 232 Å². The van der Waals surface area contributed by atoms with Crippen molar-refractivity contribution in [3.8, 4) is 66.8 Å². The number of aryl methyl sites for hydroxylation is 2. The lowest BCUT2D eigenvalue weighted by Crippen LogP contribution is -2.25. The van der Waals surface area contributed by atoms with Crippen LogP contribution in [0.15, 0.2) is 206 Å². The van der Waals surface area contributed by atoms with Crippen LogP contribution in [0.1, 0.15) is 252 Å². The van der Waals surface area contributed by atoms with Crippen molar-refractivity contribution in [2.75, 3.05) is 0 Å². The zero-order chi connectivity index (χ0) is 67.3. The third-order valence-corrected chi connectivity index (χ3v) is 23.2. The van der Waals surface area contributed by atoms with E-state index in [0.29, 0.717) is 0 Å². The summed E-state index contributed by atoms with van der Waals surface area (Å²) in [5, 5.41) is 7.91. The zero-order valence-electron chi connectivity index (χ0n) is 60.6. The van der Waals surface area contributed by atoms with Gasteiger partial charge in [-0.2, -0.15) is 0 Å². The average Bonchev–Trinajstić information content (AvgIpc) is 1.17. The van der Waals surface area contributed by atoms with Gasteiger partial charge in [-0.3, -0.25) is 0 Å². The molecule has 0 aromatic heterocycles. The Balaban J connectivity index is 0.961. The molecule has 0 atom stereocenters. The molecule has 0 radical (unpaired) electrons. The van der Waals surface area contributed by atoms with E-state index in [0.717, 1.165) is 0 Å². The second-order valence-corrected chi connectivity index (χ2v) is 30.1. The molecule has 13 rings (SSSR count). The lowest BCUT2D eigenvalue weighted by molar-refractivity contribution is 0.398. The maximum atomic E-state index is 2.72. The molecule has 0 nitrogen and oxygen atoms in total. The van der Waals surface area contributed by atoms with Gasteiger partial charge in [0.05, 0.1) is 0 Å². The van der Waals surface area contributed by atoms with E-state index in [1.807, 2.05) is 0 Å². The summed E-state index contributed by atoms with van der Waals surface area (Å²) in [5.41, 5.74) is 27.5. The van der Waals surface area contributed by atoms with E-state index < -0.39 is 0 Å². The van der Waals surface area contributed by atoms with Crippen molar-refractivity contribution >= 4 is 44.5 Å². The molecule has 0 heterocycles. The predicted octanol–water partition coefficient (Wildman–Crippen LogP) is 30.1. The normalized spacial score (nSPS) is 13.4. The SMILES string of the molecule is CCCCCCCCC1(CCCCCCCC)c2cc(C)ccc2-c2ccc(-c3cc(-c4ccc5c(c4)C(CCCCCCCC)(CCCCCCCC)c4cc(-c6ccc(/C=C/c7ccc(C)cc7)cc6)ccc4-5)cc(-c4ccc5c6ccccc6c6ccccc6c5c4)c3)cc21. The quantitative estimate of drug-likeness (QED) is 0.0214. The van der Waals surface area contributed by atoms with E-state index in [4.69, 9.17) is 0 Å². The van der Waals surface area contributed by atoms with Crippen LogP contribution in [0.4, 0.5) is 0 Å². The van der Waals surface area contributed by atoms with E-state index in [1.54, 1.807) is 22.3 Å². The number of hydrogen-bond acceptors (Lipinski definition) is 0. The molecular formula is C98H110. The van der Waals surface area contributed by atoms with Crippen LogP contribution in [0.2, 0.25) is 0 Å². The fourth-order valence-corrected chi connectivity index (χ4v) is 17.7. The van der Waals surface area contributed by atoms with Crippen LogP contribution in [0.5, 0.6) is 0 Å². The lowest BCUT2D eigenvalue weighted by atomic mass is 9.69. The molecule has 2 aliphatic carbocycles. The topological polar surface area (TPSA) is 0 Å². The van der Waals surface area contributed by atoms with E-state index in [2.05, 4.69) is 260 Å². The molecule has 0 saturated carbocycles. The largest absolute Gasteiger partial charge is 0.0654 e. The van der Waals surface area contributed by atoms with Gasteiger partial charge in [-0.05, 0) is 214 Å². The summed E-state index contributed by atoms with van der Waals surface area (Å²) in [6.45, 7) is 13.9. The molecule has 11 aromatic carbocycles. The first-order valence-corrected chi connectivity index (χ1v) is 39.1. The molecule has 0 bridgehead atoms. The second-order valence-electron chi connectivity index (χ2n) is 30.1. The van der Waals surface area contributed by atoms with E-state index in [9.17, 15) is 0 Å². The van der Waals surface area contributed by atoms with Crippen LogP contribution in [0, 0.1) is 13.8 Å². The molecule has 11 aromatic rings. The molecule has 0 heteroatoms. The van der Waals surface area contributed by atoms with Crippen LogP contribution in [0.25, 0.3) is 111 Å². The number of hydrogen-bond donors (Lipinski definition) is 0. The van der Waals surface area contributed by atoms with Crippen LogP contribution in [0.3, 0.4) is 0 Å². The molecule has 0 unspecified atom stereocenters. The second kappa shape index (κ2) is 32.3. The van der Waals surface area contributed by atoms with Gasteiger partial charge in [0, 0.05) is 10.8 Å². The monoisotopic (exact) mass is 1290 g/mol.